The van der Waals surface area contributed by atoms with Crippen molar-refractivity contribution in [3.63, 3.8) is 0 Å². The minimum Gasteiger partial charge on any atom is -0.456 e. The summed E-state index contributed by atoms with van der Waals surface area (Å²) in [5, 5.41) is 3.36. The number of para-hydroxylation sites is 1. The summed E-state index contributed by atoms with van der Waals surface area (Å²) in [5.41, 5.74) is 2.45. The molecule has 0 amide bonds. The quantitative estimate of drug-likeness (QED) is 0.346. The highest BCUT2D eigenvalue weighted by Crippen LogP contribution is 2.28. The van der Waals surface area contributed by atoms with E-state index in [0.29, 0.717) is 21.9 Å². The van der Waals surface area contributed by atoms with Crippen LogP contribution in [-0.2, 0) is 0 Å². The van der Waals surface area contributed by atoms with E-state index in [0.717, 1.165) is 16.3 Å². The van der Waals surface area contributed by atoms with Gasteiger partial charge in [-0.2, -0.15) is 0 Å². The van der Waals surface area contributed by atoms with Crippen LogP contribution in [0.5, 0.6) is 0 Å². The number of rotatable bonds is 0. The van der Waals surface area contributed by atoms with Gasteiger partial charge in [0.2, 0.25) is 5.43 Å². The summed E-state index contributed by atoms with van der Waals surface area (Å²) >= 11 is 0. The smallest absolute Gasteiger partial charge is 0.201 e. The lowest BCUT2D eigenvalue weighted by Gasteiger charge is -2.07. The number of benzene rings is 3. The topological polar surface area (TPSA) is 30.2 Å². The van der Waals surface area contributed by atoms with Crippen molar-refractivity contribution in [1.29, 1.82) is 0 Å². The molecule has 1 aromatic heterocycles. The van der Waals surface area contributed by atoms with Crippen LogP contribution >= 0.6 is 0 Å². The third-order valence-electron chi connectivity index (χ3n) is 3.79. The summed E-state index contributed by atoms with van der Waals surface area (Å²) in [6.07, 6.45) is 0. The number of aryl methyl sites for hydroxylation is 1. The molecule has 3 aromatic carbocycles. The Labute approximate surface area is 115 Å². The molecule has 4 rings (SSSR count). The zero-order chi connectivity index (χ0) is 13.7. The van der Waals surface area contributed by atoms with Gasteiger partial charge in [0.25, 0.3) is 0 Å². The molecule has 0 fully saturated rings. The third-order valence-corrected chi connectivity index (χ3v) is 3.79. The number of hydrogen-bond donors (Lipinski definition) is 0. The molecule has 96 valence electrons. The van der Waals surface area contributed by atoms with E-state index >= 15 is 0 Å². The largest absolute Gasteiger partial charge is 0.456 e. The van der Waals surface area contributed by atoms with E-state index in [4.69, 9.17) is 4.42 Å². The molecule has 0 atom stereocenters. The van der Waals surface area contributed by atoms with E-state index in [9.17, 15) is 4.79 Å². The molecule has 1 heterocycles. The first-order valence-corrected chi connectivity index (χ1v) is 6.59. The molecular weight excluding hydrogens is 248 g/mol. The minimum atomic E-state index is 0.0399. The SMILES string of the molecule is Cc1cc2oc3ccccc3c(=O)c2c2ccccc12. The van der Waals surface area contributed by atoms with Crippen LogP contribution in [0.4, 0.5) is 0 Å². The molecular formula is C18H12O2. The summed E-state index contributed by atoms with van der Waals surface area (Å²) in [7, 11) is 0. The van der Waals surface area contributed by atoms with Gasteiger partial charge in [-0.25, -0.2) is 0 Å². The molecule has 20 heavy (non-hydrogen) atoms. The molecule has 0 aliphatic carbocycles. The molecule has 0 aliphatic heterocycles. The van der Waals surface area contributed by atoms with Crippen LogP contribution in [0.3, 0.4) is 0 Å². The van der Waals surface area contributed by atoms with Crippen LogP contribution in [0.25, 0.3) is 32.7 Å². The molecule has 2 heteroatoms. The highest BCUT2D eigenvalue weighted by Gasteiger charge is 2.11. The van der Waals surface area contributed by atoms with Crippen LogP contribution in [0, 0.1) is 6.92 Å². The summed E-state index contributed by atoms with van der Waals surface area (Å²) in [5.74, 6) is 0. The average Bonchev–Trinajstić information content (AvgIpc) is 2.47. The molecule has 0 aliphatic rings. The Morgan fingerprint density at radius 3 is 2.25 bits per heavy atom. The van der Waals surface area contributed by atoms with Gasteiger partial charge in [-0.05, 0) is 41.5 Å². The van der Waals surface area contributed by atoms with Gasteiger partial charge < -0.3 is 4.42 Å². The van der Waals surface area contributed by atoms with Gasteiger partial charge in [0.1, 0.15) is 11.2 Å². The van der Waals surface area contributed by atoms with Crippen molar-refractivity contribution >= 4 is 32.7 Å². The lowest BCUT2D eigenvalue weighted by molar-refractivity contribution is 0.660. The highest BCUT2D eigenvalue weighted by molar-refractivity contribution is 6.09. The van der Waals surface area contributed by atoms with E-state index in [2.05, 4.69) is 0 Å². The standard InChI is InChI=1S/C18H12O2/c1-11-10-16-17(13-7-3-2-6-12(11)13)18(19)14-8-4-5-9-15(14)20-16/h2-10H,1H3. The first-order valence-electron chi connectivity index (χ1n) is 6.59. The number of hydrogen-bond acceptors (Lipinski definition) is 2. The lowest BCUT2D eigenvalue weighted by atomic mass is 10.00. The summed E-state index contributed by atoms with van der Waals surface area (Å²) in [6, 6.07) is 17.3. The van der Waals surface area contributed by atoms with Crippen LogP contribution < -0.4 is 5.43 Å². The molecule has 0 radical (unpaired) electrons. The van der Waals surface area contributed by atoms with Gasteiger partial charge in [0.15, 0.2) is 0 Å². The van der Waals surface area contributed by atoms with Crippen LogP contribution in [-0.4, -0.2) is 0 Å². The van der Waals surface area contributed by atoms with Gasteiger partial charge >= 0.3 is 0 Å². The summed E-state index contributed by atoms with van der Waals surface area (Å²) in [4.78, 5) is 12.8. The molecule has 0 bridgehead atoms. The summed E-state index contributed by atoms with van der Waals surface area (Å²) < 4.78 is 5.92. The lowest BCUT2D eigenvalue weighted by Crippen LogP contribution is -2.03. The van der Waals surface area contributed by atoms with Gasteiger partial charge in [-0.3, -0.25) is 4.79 Å². The van der Waals surface area contributed by atoms with Crippen molar-refractivity contribution in [2.45, 2.75) is 6.92 Å². The van der Waals surface area contributed by atoms with Crippen LogP contribution in [0.1, 0.15) is 5.56 Å². The van der Waals surface area contributed by atoms with Gasteiger partial charge in [-0.15, -0.1) is 0 Å². The first kappa shape index (κ1) is 11.2. The summed E-state index contributed by atoms with van der Waals surface area (Å²) in [6.45, 7) is 2.04. The maximum Gasteiger partial charge on any atom is 0.201 e. The normalized spacial score (nSPS) is 11.4. The zero-order valence-electron chi connectivity index (χ0n) is 11.0. The molecule has 4 aromatic rings. The van der Waals surface area contributed by atoms with Crippen molar-refractivity contribution in [1.82, 2.24) is 0 Å². The maximum atomic E-state index is 12.8. The average molecular weight is 260 g/mol. The van der Waals surface area contributed by atoms with E-state index in [1.807, 2.05) is 61.5 Å². The van der Waals surface area contributed by atoms with Crippen molar-refractivity contribution < 1.29 is 4.42 Å². The number of fused-ring (bicyclic) bond motifs is 4. The fraction of sp³-hybridized carbons (Fsp3) is 0.0556. The first-order chi connectivity index (χ1) is 9.75. The predicted molar refractivity (Wildman–Crippen MR) is 82.2 cm³/mol. The van der Waals surface area contributed by atoms with Gasteiger partial charge in [0.05, 0.1) is 10.8 Å². The molecule has 2 nitrogen and oxygen atoms in total. The molecule has 0 saturated carbocycles. The Kier molecular flexibility index (Phi) is 2.21. The monoisotopic (exact) mass is 260 g/mol. The van der Waals surface area contributed by atoms with Crippen LogP contribution in [0.2, 0.25) is 0 Å². The van der Waals surface area contributed by atoms with E-state index < -0.39 is 0 Å². The zero-order valence-corrected chi connectivity index (χ0v) is 11.0. The Morgan fingerprint density at radius 1 is 0.800 bits per heavy atom. The Balaban J connectivity index is 2.39. The molecule has 0 saturated heterocycles. The molecule has 0 unspecified atom stereocenters. The van der Waals surface area contributed by atoms with Gasteiger partial charge in [-0.1, -0.05) is 36.4 Å². The van der Waals surface area contributed by atoms with Gasteiger partial charge in [0, 0.05) is 0 Å². The van der Waals surface area contributed by atoms with Crippen LogP contribution in [0.15, 0.2) is 63.8 Å². The Hall–Kier alpha value is -2.61. The third kappa shape index (κ3) is 1.42. The molecule has 0 spiro atoms. The second-order valence-corrected chi connectivity index (χ2v) is 5.04. The highest BCUT2D eigenvalue weighted by atomic mass is 16.3. The molecule has 0 N–H and O–H groups in total. The van der Waals surface area contributed by atoms with E-state index in [-0.39, 0.29) is 5.43 Å². The van der Waals surface area contributed by atoms with Crippen molar-refractivity contribution in [2.24, 2.45) is 0 Å². The Morgan fingerprint density at radius 2 is 1.45 bits per heavy atom. The van der Waals surface area contributed by atoms with Crippen molar-refractivity contribution in [3.05, 3.63) is 70.4 Å². The fourth-order valence-corrected chi connectivity index (χ4v) is 2.84. The van der Waals surface area contributed by atoms with E-state index in [1.165, 1.54) is 0 Å². The van der Waals surface area contributed by atoms with Crippen molar-refractivity contribution in [2.75, 3.05) is 0 Å². The van der Waals surface area contributed by atoms with E-state index in [1.54, 1.807) is 0 Å². The minimum absolute atomic E-state index is 0.0399. The second-order valence-electron chi connectivity index (χ2n) is 5.04. The maximum absolute atomic E-state index is 12.8. The van der Waals surface area contributed by atoms with Crippen molar-refractivity contribution in [3.8, 4) is 0 Å². The fourth-order valence-electron chi connectivity index (χ4n) is 2.84. The second kappa shape index (κ2) is 3.94. The predicted octanol–water partition coefficient (Wildman–Crippen LogP) is 4.41. The Bertz CT molecular complexity index is 1030.